The molecule has 1 rings (SSSR count). The van der Waals surface area contributed by atoms with E-state index >= 15 is 0 Å². The third-order valence-electron chi connectivity index (χ3n) is 1.82. The Morgan fingerprint density at radius 1 is 1.54 bits per heavy atom. The van der Waals surface area contributed by atoms with Gasteiger partial charge in [0.25, 0.3) is 0 Å². The number of hydrogen-bond donors (Lipinski definition) is 0. The van der Waals surface area contributed by atoms with E-state index in [0.717, 1.165) is 17.4 Å². The molecule has 0 bridgehead atoms. The molecule has 0 spiro atoms. The first-order chi connectivity index (χ1) is 6.24. The quantitative estimate of drug-likeness (QED) is 0.521. The maximum atomic E-state index is 10.7. The van der Waals surface area contributed by atoms with Crippen molar-refractivity contribution in [2.45, 2.75) is 13.8 Å². The van der Waals surface area contributed by atoms with Crippen LogP contribution in [0.25, 0.3) is 6.08 Å². The maximum absolute atomic E-state index is 10.7. The summed E-state index contributed by atoms with van der Waals surface area (Å²) >= 11 is 0. The van der Waals surface area contributed by atoms with Gasteiger partial charge in [-0.15, -0.1) is 0 Å². The molecule has 13 heavy (non-hydrogen) atoms. The molecule has 0 radical (unpaired) electrons. The molecule has 1 aromatic heterocycles. The van der Waals surface area contributed by atoms with E-state index in [1.807, 2.05) is 32.1 Å². The van der Waals surface area contributed by atoms with Crippen molar-refractivity contribution in [2.24, 2.45) is 5.92 Å². The summed E-state index contributed by atoms with van der Waals surface area (Å²) < 4.78 is 0. The van der Waals surface area contributed by atoms with E-state index in [1.165, 1.54) is 0 Å². The molecule has 0 saturated carbocycles. The molecule has 1 heterocycles. The van der Waals surface area contributed by atoms with Gasteiger partial charge >= 0.3 is 0 Å². The van der Waals surface area contributed by atoms with Gasteiger partial charge in [0, 0.05) is 12.4 Å². The van der Waals surface area contributed by atoms with Crippen molar-refractivity contribution in [3.05, 3.63) is 35.7 Å². The third kappa shape index (κ3) is 2.82. The van der Waals surface area contributed by atoms with Crippen molar-refractivity contribution < 1.29 is 4.79 Å². The second-order valence-electron chi connectivity index (χ2n) is 3.20. The van der Waals surface area contributed by atoms with Crippen molar-refractivity contribution >= 4 is 12.4 Å². The Balaban J connectivity index is 2.92. The van der Waals surface area contributed by atoms with Crippen LogP contribution < -0.4 is 0 Å². The fourth-order valence-electron chi connectivity index (χ4n) is 0.991. The van der Waals surface area contributed by atoms with E-state index < -0.39 is 0 Å². The average molecular weight is 175 g/mol. The van der Waals surface area contributed by atoms with Gasteiger partial charge in [-0.25, -0.2) is 0 Å². The van der Waals surface area contributed by atoms with Gasteiger partial charge in [0.1, 0.15) is 6.29 Å². The monoisotopic (exact) mass is 175 g/mol. The van der Waals surface area contributed by atoms with E-state index in [0.29, 0.717) is 0 Å². The van der Waals surface area contributed by atoms with Crippen LogP contribution in [0.1, 0.15) is 19.4 Å². The van der Waals surface area contributed by atoms with Crippen LogP contribution in [0.5, 0.6) is 0 Å². The molecule has 0 aliphatic rings. The van der Waals surface area contributed by atoms with Crippen LogP contribution in [-0.2, 0) is 4.79 Å². The molecule has 0 N–H and O–H groups in total. The third-order valence-corrected chi connectivity index (χ3v) is 1.82. The molecule has 68 valence electrons. The largest absolute Gasteiger partial charge is 0.298 e. The maximum Gasteiger partial charge on any atom is 0.146 e. The van der Waals surface area contributed by atoms with Crippen molar-refractivity contribution in [3.8, 4) is 0 Å². The number of aldehydes is 1. The summed E-state index contributed by atoms with van der Waals surface area (Å²) in [5.41, 5.74) is 1.77. The number of allylic oxidation sites excluding steroid dienone is 1. The van der Waals surface area contributed by atoms with Crippen LogP contribution in [0.2, 0.25) is 0 Å². The van der Waals surface area contributed by atoms with Gasteiger partial charge in [-0.1, -0.05) is 19.9 Å². The van der Waals surface area contributed by atoms with Gasteiger partial charge in [0.15, 0.2) is 0 Å². The van der Waals surface area contributed by atoms with E-state index in [1.54, 1.807) is 12.4 Å². The fraction of sp³-hybridized carbons (Fsp3) is 0.273. The minimum atomic E-state index is 0.262. The zero-order chi connectivity index (χ0) is 9.68. The van der Waals surface area contributed by atoms with Gasteiger partial charge in [-0.3, -0.25) is 9.78 Å². The minimum Gasteiger partial charge on any atom is -0.298 e. The Morgan fingerprint density at radius 2 is 2.31 bits per heavy atom. The topological polar surface area (TPSA) is 30.0 Å². The van der Waals surface area contributed by atoms with Gasteiger partial charge in [-0.2, -0.15) is 0 Å². The second-order valence-corrected chi connectivity index (χ2v) is 3.20. The van der Waals surface area contributed by atoms with Crippen LogP contribution >= 0.6 is 0 Å². The molecule has 0 aliphatic heterocycles. The highest BCUT2D eigenvalue weighted by Gasteiger charge is 2.00. The lowest BCUT2D eigenvalue weighted by molar-refractivity contribution is -0.105. The lowest BCUT2D eigenvalue weighted by atomic mass is 10.0. The van der Waals surface area contributed by atoms with E-state index in [9.17, 15) is 4.79 Å². The van der Waals surface area contributed by atoms with Crippen LogP contribution in [0.15, 0.2) is 30.1 Å². The summed E-state index contributed by atoms with van der Waals surface area (Å²) in [4.78, 5) is 14.6. The first-order valence-electron chi connectivity index (χ1n) is 4.31. The smallest absolute Gasteiger partial charge is 0.146 e. The Labute approximate surface area is 78.3 Å². The predicted octanol–water partition coefficient (Wildman–Crippen LogP) is 2.32. The molecule has 0 aromatic carbocycles. The standard InChI is InChI=1S/C11H13NO/c1-9(2)11(8-13)6-10-4-3-5-12-7-10/h3-9H,1-2H3/b11-6-. The molecule has 0 unspecified atom stereocenters. The highest BCUT2D eigenvalue weighted by molar-refractivity contribution is 5.81. The van der Waals surface area contributed by atoms with Gasteiger partial charge < -0.3 is 0 Å². The predicted molar refractivity (Wildman–Crippen MR) is 53.1 cm³/mol. The Kier molecular flexibility index (Phi) is 3.38. The summed E-state index contributed by atoms with van der Waals surface area (Å²) in [6.45, 7) is 3.99. The summed E-state index contributed by atoms with van der Waals surface area (Å²) in [6.07, 6.45) is 6.22. The first-order valence-corrected chi connectivity index (χ1v) is 4.31. The molecular formula is C11H13NO. The summed E-state index contributed by atoms with van der Waals surface area (Å²) in [5.74, 6) is 0.262. The SMILES string of the molecule is CC(C)/C(C=O)=C\c1cccnc1. The zero-order valence-corrected chi connectivity index (χ0v) is 7.90. The molecule has 2 nitrogen and oxygen atoms in total. The van der Waals surface area contributed by atoms with Crippen LogP contribution in [0, 0.1) is 5.92 Å². The highest BCUT2D eigenvalue weighted by atomic mass is 16.1. The Morgan fingerprint density at radius 3 is 2.77 bits per heavy atom. The van der Waals surface area contributed by atoms with Crippen molar-refractivity contribution in [2.75, 3.05) is 0 Å². The molecule has 1 aromatic rings. The number of nitrogens with zero attached hydrogens (tertiary/aromatic N) is 1. The molecule has 0 saturated heterocycles. The number of aromatic nitrogens is 1. The second kappa shape index (κ2) is 4.55. The molecule has 0 aliphatic carbocycles. The minimum absolute atomic E-state index is 0.262. The number of pyridine rings is 1. The summed E-state index contributed by atoms with van der Waals surface area (Å²) in [7, 11) is 0. The first kappa shape index (κ1) is 9.65. The molecule has 0 fully saturated rings. The number of rotatable bonds is 3. The number of hydrogen-bond acceptors (Lipinski definition) is 2. The van der Waals surface area contributed by atoms with Crippen LogP contribution in [0.4, 0.5) is 0 Å². The number of carbonyl (C=O) groups excluding carboxylic acids is 1. The average Bonchev–Trinajstić information content (AvgIpc) is 2.15. The van der Waals surface area contributed by atoms with Gasteiger partial charge in [0.05, 0.1) is 0 Å². The fourth-order valence-corrected chi connectivity index (χ4v) is 0.991. The molecular weight excluding hydrogens is 162 g/mol. The lowest BCUT2D eigenvalue weighted by Crippen LogP contribution is -1.94. The van der Waals surface area contributed by atoms with E-state index in [2.05, 4.69) is 4.98 Å². The summed E-state index contributed by atoms with van der Waals surface area (Å²) in [5, 5.41) is 0. The summed E-state index contributed by atoms with van der Waals surface area (Å²) in [6, 6.07) is 3.79. The lowest BCUT2D eigenvalue weighted by Gasteiger charge is -2.02. The van der Waals surface area contributed by atoms with Crippen molar-refractivity contribution in [1.82, 2.24) is 4.98 Å². The van der Waals surface area contributed by atoms with Crippen LogP contribution in [-0.4, -0.2) is 11.3 Å². The Hall–Kier alpha value is -1.44. The normalized spacial score (nSPS) is 11.8. The van der Waals surface area contributed by atoms with Crippen molar-refractivity contribution in [1.29, 1.82) is 0 Å². The van der Waals surface area contributed by atoms with Gasteiger partial charge in [-0.05, 0) is 29.2 Å². The van der Waals surface area contributed by atoms with Crippen molar-refractivity contribution in [3.63, 3.8) is 0 Å². The van der Waals surface area contributed by atoms with Gasteiger partial charge in [0.2, 0.25) is 0 Å². The zero-order valence-electron chi connectivity index (χ0n) is 7.90. The van der Waals surface area contributed by atoms with E-state index in [-0.39, 0.29) is 5.92 Å². The molecule has 2 heteroatoms. The number of carbonyl (C=O) groups is 1. The Bertz CT molecular complexity index is 301. The van der Waals surface area contributed by atoms with Crippen LogP contribution in [0.3, 0.4) is 0 Å². The van der Waals surface area contributed by atoms with E-state index in [4.69, 9.17) is 0 Å². The molecule has 0 amide bonds. The highest BCUT2D eigenvalue weighted by Crippen LogP contribution is 2.11. The molecule has 0 atom stereocenters.